The number of hydrogen-bond acceptors (Lipinski definition) is 4. The van der Waals surface area contributed by atoms with Crippen molar-refractivity contribution in [2.75, 3.05) is 33.3 Å². The molecule has 29 heavy (non-hydrogen) atoms. The lowest BCUT2D eigenvalue weighted by Gasteiger charge is -2.17. The van der Waals surface area contributed by atoms with Crippen LogP contribution in [0, 0.1) is 25.2 Å². The van der Waals surface area contributed by atoms with Crippen molar-refractivity contribution in [3.63, 3.8) is 0 Å². The van der Waals surface area contributed by atoms with E-state index >= 15 is 0 Å². The number of carbonyl (C=O) groups is 1. The van der Waals surface area contributed by atoms with Crippen molar-refractivity contribution < 1.29 is 9.53 Å². The van der Waals surface area contributed by atoms with Crippen molar-refractivity contribution in [3.05, 3.63) is 52.9 Å². The molecule has 6 heteroatoms. The van der Waals surface area contributed by atoms with Gasteiger partial charge in [0.2, 0.25) is 0 Å². The summed E-state index contributed by atoms with van der Waals surface area (Å²) in [5.74, 6) is 0.457. The third-order valence-corrected chi connectivity index (χ3v) is 5.07. The molecule has 0 aliphatic rings. The van der Waals surface area contributed by atoms with E-state index in [0.29, 0.717) is 6.54 Å². The predicted molar refractivity (Wildman–Crippen MR) is 116 cm³/mol. The molecule has 2 aromatic rings. The van der Waals surface area contributed by atoms with E-state index in [1.807, 2.05) is 50.2 Å². The summed E-state index contributed by atoms with van der Waals surface area (Å²) in [5.41, 5.74) is 3.96. The Bertz CT molecular complexity index is 900. The molecule has 0 saturated carbocycles. The van der Waals surface area contributed by atoms with Crippen LogP contribution < -0.4 is 10.1 Å². The molecular formula is C23H30N4O2. The van der Waals surface area contributed by atoms with Crippen LogP contribution in [0.5, 0.6) is 5.75 Å². The minimum atomic E-state index is -0.339. The molecule has 0 saturated heterocycles. The van der Waals surface area contributed by atoms with Crippen LogP contribution in [0.15, 0.2) is 35.9 Å². The predicted octanol–water partition coefficient (Wildman–Crippen LogP) is 3.47. The summed E-state index contributed by atoms with van der Waals surface area (Å²) in [6, 6.07) is 11.8. The zero-order valence-corrected chi connectivity index (χ0v) is 18.0. The average molecular weight is 395 g/mol. The van der Waals surface area contributed by atoms with Crippen molar-refractivity contribution >= 4 is 12.0 Å². The monoisotopic (exact) mass is 394 g/mol. The van der Waals surface area contributed by atoms with E-state index in [0.717, 1.165) is 48.0 Å². The van der Waals surface area contributed by atoms with Gasteiger partial charge >= 0.3 is 0 Å². The molecule has 1 aromatic heterocycles. The Morgan fingerprint density at radius 1 is 1.24 bits per heavy atom. The zero-order chi connectivity index (χ0) is 21.4. The topological polar surface area (TPSA) is 70.3 Å². The van der Waals surface area contributed by atoms with Crippen LogP contribution in [-0.4, -0.2) is 48.7 Å². The highest BCUT2D eigenvalue weighted by Gasteiger charge is 2.14. The molecule has 1 amide bonds. The summed E-state index contributed by atoms with van der Waals surface area (Å²) in [4.78, 5) is 14.7. The van der Waals surface area contributed by atoms with Crippen LogP contribution in [0.4, 0.5) is 0 Å². The lowest BCUT2D eigenvalue weighted by Crippen LogP contribution is -2.35. The highest BCUT2D eigenvalue weighted by atomic mass is 16.5. The highest BCUT2D eigenvalue weighted by Crippen LogP contribution is 2.24. The quantitative estimate of drug-likeness (QED) is 0.522. The van der Waals surface area contributed by atoms with Gasteiger partial charge in [-0.1, -0.05) is 13.8 Å². The number of likely N-dealkylation sites (N-methyl/N-ethyl adjacent to an activating group) is 1. The lowest BCUT2D eigenvalue weighted by atomic mass is 10.1. The summed E-state index contributed by atoms with van der Waals surface area (Å²) in [5, 5.41) is 12.3. The maximum Gasteiger partial charge on any atom is 0.261 e. The molecule has 1 aromatic carbocycles. The van der Waals surface area contributed by atoms with Crippen LogP contribution in [0.2, 0.25) is 0 Å². The first-order chi connectivity index (χ1) is 13.9. The average Bonchev–Trinajstić information content (AvgIpc) is 3.02. The number of aryl methyl sites for hydroxylation is 1. The van der Waals surface area contributed by atoms with Crippen LogP contribution in [0.25, 0.3) is 11.8 Å². The third-order valence-electron chi connectivity index (χ3n) is 5.07. The molecule has 1 heterocycles. The highest BCUT2D eigenvalue weighted by molar-refractivity contribution is 6.01. The van der Waals surface area contributed by atoms with Gasteiger partial charge in [-0.25, -0.2) is 0 Å². The van der Waals surface area contributed by atoms with E-state index in [4.69, 9.17) is 4.74 Å². The minimum absolute atomic E-state index is 0.111. The van der Waals surface area contributed by atoms with E-state index in [1.165, 1.54) is 0 Å². The van der Waals surface area contributed by atoms with Gasteiger partial charge in [-0.05, 0) is 68.9 Å². The minimum Gasteiger partial charge on any atom is -0.497 e. The number of ether oxygens (including phenoxy) is 1. The second-order valence-corrected chi connectivity index (χ2v) is 6.81. The lowest BCUT2D eigenvalue weighted by molar-refractivity contribution is -0.117. The molecule has 0 aliphatic heterocycles. The van der Waals surface area contributed by atoms with Gasteiger partial charge in [0.15, 0.2) is 0 Å². The number of nitriles is 1. The normalized spacial score (nSPS) is 11.4. The molecule has 0 aliphatic carbocycles. The Kier molecular flexibility index (Phi) is 8.05. The van der Waals surface area contributed by atoms with E-state index < -0.39 is 0 Å². The SMILES string of the molecule is CCN(CC)CCNC(=O)/C(C#N)=C\c1cc(C)n(-c2ccc(OC)cc2)c1C. The van der Waals surface area contributed by atoms with Crippen molar-refractivity contribution in [2.45, 2.75) is 27.7 Å². The van der Waals surface area contributed by atoms with Crippen molar-refractivity contribution in [1.82, 2.24) is 14.8 Å². The standard InChI is InChI=1S/C23H30N4O2/c1-6-26(7-2)13-12-25-23(28)20(16-24)15-19-14-17(3)27(18(19)4)21-8-10-22(29-5)11-9-21/h8-11,14-15H,6-7,12-13H2,1-5H3,(H,25,28)/b20-15-. The molecular weight excluding hydrogens is 364 g/mol. The smallest absolute Gasteiger partial charge is 0.261 e. The fourth-order valence-corrected chi connectivity index (χ4v) is 3.33. The second kappa shape index (κ2) is 10.5. The Morgan fingerprint density at radius 3 is 2.45 bits per heavy atom. The first-order valence-corrected chi connectivity index (χ1v) is 9.90. The van der Waals surface area contributed by atoms with Gasteiger partial charge in [0.05, 0.1) is 7.11 Å². The Morgan fingerprint density at radius 2 is 1.90 bits per heavy atom. The van der Waals surface area contributed by atoms with Gasteiger partial charge in [0.1, 0.15) is 17.4 Å². The number of benzene rings is 1. The molecule has 1 N–H and O–H groups in total. The van der Waals surface area contributed by atoms with Gasteiger partial charge in [0.25, 0.3) is 5.91 Å². The van der Waals surface area contributed by atoms with Crippen molar-refractivity contribution in [2.24, 2.45) is 0 Å². The molecule has 0 atom stereocenters. The number of aromatic nitrogens is 1. The summed E-state index contributed by atoms with van der Waals surface area (Å²) in [7, 11) is 1.64. The third kappa shape index (κ3) is 5.49. The molecule has 154 valence electrons. The number of rotatable bonds is 9. The van der Waals surface area contributed by atoms with E-state index in [-0.39, 0.29) is 11.5 Å². The molecule has 6 nitrogen and oxygen atoms in total. The first kappa shape index (κ1) is 22.3. The first-order valence-electron chi connectivity index (χ1n) is 9.90. The van der Waals surface area contributed by atoms with Crippen LogP contribution >= 0.6 is 0 Å². The van der Waals surface area contributed by atoms with Gasteiger partial charge in [-0.15, -0.1) is 0 Å². The summed E-state index contributed by atoms with van der Waals surface area (Å²) < 4.78 is 7.32. The molecule has 0 spiro atoms. The van der Waals surface area contributed by atoms with Gasteiger partial charge in [0, 0.05) is 30.2 Å². The van der Waals surface area contributed by atoms with Gasteiger partial charge < -0.3 is 19.5 Å². The summed E-state index contributed by atoms with van der Waals surface area (Å²) >= 11 is 0. The second-order valence-electron chi connectivity index (χ2n) is 6.81. The van der Waals surface area contributed by atoms with Crippen molar-refractivity contribution in [1.29, 1.82) is 5.26 Å². The van der Waals surface area contributed by atoms with E-state index in [2.05, 4.69) is 28.6 Å². The molecule has 0 bridgehead atoms. The molecule has 0 unspecified atom stereocenters. The number of nitrogens with one attached hydrogen (secondary N) is 1. The molecule has 0 radical (unpaired) electrons. The maximum atomic E-state index is 12.4. The zero-order valence-electron chi connectivity index (χ0n) is 18.0. The maximum absolute atomic E-state index is 12.4. The van der Waals surface area contributed by atoms with Crippen LogP contribution in [0.1, 0.15) is 30.8 Å². The number of amides is 1. The van der Waals surface area contributed by atoms with Crippen LogP contribution in [-0.2, 0) is 4.79 Å². The Balaban J connectivity index is 2.21. The fraction of sp³-hybridized carbons (Fsp3) is 0.391. The largest absolute Gasteiger partial charge is 0.497 e. The Hall–Kier alpha value is -3.04. The van der Waals surface area contributed by atoms with Crippen LogP contribution in [0.3, 0.4) is 0 Å². The number of hydrogen-bond donors (Lipinski definition) is 1. The van der Waals surface area contributed by atoms with E-state index in [1.54, 1.807) is 13.2 Å². The molecule has 0 fully saturated rings. The summed E-state index contributed by atoms with van der Waals surface area (Å²) in [6.45, 7) is 11.3. The van der Waals surface area contributed by atoms with Crippen molar-refractivity contribution in [3.8, 4) is 17.5 Å². The Labute approximate surface area is 173 Å². The summed E-state index contributed by atoms with van der Waals surface area (Å²) in [6.07, 6.45) is 1.66. The van der Waals surface area contributed by atoms with Gasteiger partial charge in [-0.3, -0.25) is 4.79 Å². The molecule has 2 rings (SSSR count). The number of carbonyl (C=O) groups excluding carboxylic acids is 1. The number of nitrogens with zero attached hydrogens (tertiary/aromatic N) is 3. The van der Waals surface area contributed by atoms with E-state index in [9.17, 15) is 10.1 Å². The van der Waals surface area contributed by atoms with Gasteiger partial charge in [-0.2, -0.15) is 5.26 Å². The fourth-order valence-electron chi connectivity index (χ4n) is 3.33. The number of methoxy groups -OCH3 is 1.